The van der Waals surface area contributed by atoms with Crippen molar-refractivity contribution in [3.63, 3.8) is 0 Å². The number of likely N-dealkylation sites (N-methyl/N-ethyl adjacent to an activating group) is 2. The number of carbonyl (C=O) groups is 2. The van der Waals surface area contributed by atoms with Gasteiger partial charge in [0.2, 0.25) is 5.75 Å². The maximum absolute atomic E-state index is 13.0. The first-order chi connectivity index (χ1) is 34.7. The number of aliphatic hydroxyl groups is 5. The van der Waals surface area contributed by atoms with Crippen LogP contribution in [-0.4, -0.2) is 143 Å². The van der Waals surface area contributed by atoms with Crippen molar-refractivity contribution in [1.82, 2.24) is 0 Å². The molecule has 17 nitrogen and oxygen atoms in total. The zero-order valence-electron chi connectivity index (χ0n) is 43.3. The minimum atomic E-state index is -0.491. The van der Waals surface area contributed by atoms with Crippen LogP contribution < -0.4 is 28.4 Å². The molecule has 5 N–H and O–H groups in total. The Morgan fingerprint density at radius 3 is 1.50 bits per heavy atom. The standard InChI is InChI=1S/C55H76N2O15/c1-56(19-15-37-28-41(32-60)43(34-62)53(68-6)50(37)44(56)25-35-11-12-39(30-58)40(23-35)31-59)17-9-21-71-48(63)13-14-49(64)72-22-10-18-57(2)20-16-38-29-47(66-4)54(69-7)55(70-8)51(38)45(57)26-36-24-42(33-61)52(67-5)46(27-36)65-3/h11-12,23-24,27-29,44-45,58-62H,9-10,13-22,25-26,30-34H2,1-8H3/q+2. The van der Waals surface area contributed by atoms with E-state index in [1.54, 1.807) is 42.7 Å². The van der Waals surface area contributed by atoms with E-state index < -0.39 is 11.9 Å². The van der Waals surface area contributed by atoms with Crippen LogP contribution in [0.4, 0.5) is 0 Å². The molecule has 2 heterocycles. The first-order valence-electron chi connectivity index (χ1n) is 24.7. The highest BCUT2D eigenvalue weighted by Crippen LogP contribution is 2.51. The number of rotatable bonds is 26. The summed E-state index contributed by atoms with van der Waals surface area (Å²) in [4.78, 5) is 26.0. The normalized spacial score (nSPS) is 19.2. The van der Waals surface area contributed by atoms with Crippen LogP contribution in [0, 0.1) is 0 Å². The number of fused-ring (bicyclic) bond motifs is 2. The summed E-state index contributed by atoms with van der Waals surface area (Å²) in [6.45, 7) is 1.95. The smallest absolute Gasteiger partial charge is 0.306 e. The Labute approximate surface area is 423 Å². The summed E-state index contributed by atoms with van der Waals surface area (Å²) < 4.78 is 47.3. The molecule has 2 aliphatic rings. The lowest BCUT2D eigenvalue weighted by molar-refractivity contribution is -0.941. The lowest BCUT2D eigenvalue weighted by Gasteiger charge is -2.46. The molecule has 0 bridgehead atoms. The highest BCUT2D eigenvalue weighted by atomic mass is 16.5. The van der Waals surface area contributed by atoms with Gasteiger partial charge in [-0.2, -0.15) is 0 Å². The summed E-state index contributed by atoms with van der Waals surface area (Å²) in [6, 6.07) is 13.2. The Balaban J connectivity index is 1.07. The SMILES string of the molecule is COc1cc(CC2c3c(cc(OC)c(OC)c3OC)CC[N+]2(C)CCCOC(=O)CCC(=O)OCCC[N+]2(C)CCc3cc(CO)c(CO)c(OC)c3C2Cc2ccc(CO)c(CO)c2)cc(CO)c1OC. The van der Waals surface area contributed by atoms with Crippen LogP contribution in [0.2, 0.25) is 0 Å². The summed E-state index contributed by atoms with van der Waals surface area (Å²) in [5.74, 6) is 2.24. The highest BCUT2D eigenvalue weighted by Gasteiger charge is 2.44. The maximum atomic E-state index is 13.0. The van der Waals surface area contributed by atoms with Gasteiger partial charge in [0, 0.05) is 49.7 Å². The van der Waals surface area contributed by atoms with Crippen molar-refractivity contribution in [2.45, 2.75) is 96.5 Å². The summed E-state index contributed by atoms with van der Waals surface area (Å²) in [5, 5.41) is 50.8. The van der Waals surface area contributed by atoms with Gasteiger partial charge >= 0.3 is 11.9 Å². The van der Waals surface area contributed by atoms with E-state index in [1.807, 2.05) is 42.5 Å². The lowest BCUT2D eigenvalue weighted by atomic mass is 9.82. The highest BCUT2D eigenvalue weighted by molar-refractivity contribution is 5.77. The number of benzene rings is 4. The van der Waals surface area contributed by atoms with Crippen molar-refractivity contribution in [3.05, 3.63) is 104 Å². The fourth-order valence-corrected chi connectivity index (χ4v) is 11.1. The number of carbonyl (C=O) groups excluding carboxylic acids is 2. The van der Waals surface area contributed by atoms with E-state index in [1.165, 1.54) is 0 Å². The first-order valence-corrected chi connectivity index (χ1v) is 24.7. The van der Waals surface area contributed by atoms with Gasteiger partial charge in [-0.15, -0.1) is 0 Å². The second-order valence-corrected chi connectivity index (χ2v) is 19.2. The molecule has 17 heteroatoms. The molecule has 0 radical (unpaired) electrons. The lowest BCUT2D eigenvalue weighted by Crippen LogP contribution is -2.53. The van der Waals surface area contributed by atoms with Crippen molar-refractivity contribution in [1.29, 1.82) is 0 Å². The van der Waals surface area contributed by atoms with E-state index in [-0.39, 0.29) is 71.2 Å². The molecule has 4 aromatic carbocycles. The molecular weight excluding hydrogens is 929 g/mol. The Hall–Kier alpha value is -5.66. The van der Waals surface area contributed by atoms with Gasteiger partial charge in [-0.1, -0.05) is 24.3 Å². The fraction of sp³-hybridized carbons (Fsp3) is 0.527. The zero-order valence-corrected chi connectivity index (χ0v) is 43.3. The third-order valence-corrected chi connectivity index (χ3v) is 15.0. The topological polar surface area (TPSA) is 209 Å². The van der Waals surface area contributed by atoms with Crippen molar-refractivity contribution < 1.29 is 82.0 Å². The summed E-state index contributed by atoms with van der Waals surface area (Å²) in [6.07, 6.45) is 3.40. The molecule has 0 aromatic heterocycles. The van der Waals surface area contributed by atoms with Gasteiger partial charge in [-0.3, -0.25) is 9.59 Å². The van der Waals surface area contributed by atoms with Crippen molar-refractivity contribution in [3.8, 4) is 34.5 Å². The molecular formula is C55H76N2O15+2. The van der Waals surface area contributed by atoms with Gasteiger partial charge in [0.05, 0.1) is 153 Å². The van der Waals surface area contributed by atoms with E-state index in [0.29, 0.717) is 116 Å². The molecule has 72 heavy (non-hydrogen) atoms. The van der Waals surface area contributed by atoms with Gasteiger partial charge in [0.25, 0.3) is 0 Å². The molecule has 0 saturated carbocycles. The number of ether oxygens (including phenoxy) is 8. The summed E-state index contributed by atoms with van der Waals surface area (Å²) >= 11 is 0. The largest absolute Gasteiger partial charge is 0.496 e. The predicted molar refractivity (Wildman–Crippen MR) is 267 cm³/mol. The van der Waals surface area contributed by atoms with Gasteiger partial charge in [-0.05, 0) is 57.1 Å². The third kappa shape index (κ3) is 12.1. The number of hydrogen-bond donors (Lipinski definition) is 5. The molecule has 0 aliphatic carbocycles. The van der Waals surface area contributed by atoms with E-state index in [9.17, 15) is 35.1 Å². The number of esters is 2. The molecule has 2 aliphatic heterocycles. The summed E-state index contributed by atoms with van der Waals surface area (Å²) in [7, 11) is 13.8. The van der Waals surface area contributed by atoms with Crippen LogP contribution >= 0.6 is 0 Å². The summed E-state index contributed by atoms with van der Waals surface area (Å²) in [5.41, 5.74) is 9.02. The van der Waals surface area contributed by atoms with Gasteiger partial charge in [0.1, 0.15) is 17.8 Å². The zero-order chi connectivity index (χ0) is 52.2. The minimum absolute atomic E-state index is 0.118. The minimum Gasteiger partial charge on any atom is -0.496 e. The molecule has 6 rings (SSSR count). The second kappa shape index (κ2) is 25.3. The van der Waals surface area contributed by atoms with E-state index in [4.69, 9.17) is 37.9 Å². The fourth-order valence-electron chi connectivity index (χ4n) is 11.1. The molecule has 4 unspecified atom stereocenters. The predicted octanol–water partition coefficient (Wildman–Crippen LogP) is 5.12. The van der Waals surface area contributed by atoms with Gasteiger partial charge in [0.15, 0.2) is 23.0 Å². The third-order valence-electron chi connectivity index (χ3n) is 15.0. The van der Waals surface area contributed by atoms with E-state index >= 15 is 0 Å². The number of quaternary nitrogens is 2. The quantitative estimate of drug-likeness (QED) is 0.0314. The number of methoxy groups -OCH3 is 6. The van der Waals surface area contributed by atoms with Crippen LogP contribution in [0.5, 0.6) is 34.5 Å². The van der Waals surface area contributed by atoms with Gasteiger partial charge < -0.3 is 72.4 Å². The Kier molecular flexibility index (Phi) is 19.6. The van der Waals surface area contributed by atoms with Crippen molar-refractivity contribution in [2.75, 3.05) is 96.1 Å². The average molecular weight is 1010 g/mol. The van der Waals surface area contributed by atoms with Crippen LogP contribution in [-0.2, 0) is 77.8 Å². The monoisotopic (exact) mass is 1000 g/mol. The molecule has 394 valence electrons. The van der Waals surface area contributed by atoms with Crippen molar-refractivity contribution >= 4 is 11.9 Å². The van der Waals surface area contributed by atoms with Gasteiger partial charge in [-0.25, -0.2) is 0 Å². The molecule has 0 fully saturated rings. The first kappa shape index (κ1) is 55.7. The Morgan fingerprint density at radius 2 is 1.00 bits per heavy atom. The second-order valence-electron chi connectivity index (χ2n) is 19.2. The Morgan fingerprint density at radius 1 is 0.514 bits per heavy atom. The molecule has 0 spiro atoms. The van der Waals surface area contributed by atoms with Crippen molar-refractivity contribution in [2.24, 2.45) is 0 Å². The molecule has 4 aromatic rings. The average Bonchev–Trinajstić information content (AvgIpc) is 3.40. The Bertz CT molecular complexity index is 2490. The van der Waals surface area contributed by atoms with Crippen LogP contribution in [0.15, 0.2) is 42.5 Å². The van der Waals surface area contributed by atoms with E-state index in [2.05, 4.69) is 14.1 Å². The van der Waals surface area contributed by atoms with Crippen LogP contribution in [0.1, 0.15) is 99.0 Å². The van der Waals surface area contributed by atoms with E-state index in [0.717, 1.165) is 52.9 Å². The number of nitrogens with zero attached hydrogens (tertiary/aromatic N) is 2. The molecule has 4 atom stereocenters. The number of aliphatic hydroxyl groups excluding tert-OH is 5. The van der Waals surface area contributed by atoms with Crippen LogP contribution in [0.25, 0.3) is 0 Å². The maximum Gasteiger partial charge on any atom is 0.306 e. The molecule has 0 saturated heterocycles. The number of hydrogen-bond acceptors (Lipinski definition) is 15. The molecule has 0 amide bonds. The van der Waals surface area contributed by atoms with Crippen LogP contribution in [0.3, 0.4) is 0 Å².